The number of anilines is 1. The Morgan fingerprint density at radius 2 is 1.68 bits per heavy atom. The Morgan fingerprint density at radius 1 is 0.971 bits per heavy atom. The Bertz CT molecular complexity index is 1420. The normalized spacial score (nSPS) is 19.9. The minimum atomic E-state index is -3.73. The highest BCUT2D eigenvalue weighted by Crippen LogP contribution is 2.41. The van der Waals surface area contributed by atoms with Gasteiger partial charge in [0.25, 0.3) is 5.56 Å². The third kappa shape index (κ3) is 4.17. The molecule has 7 nitrogen and oxygen atoms in total. The van der Waals surface area contributed by atoms with Crippen molar-refractivity contribution in [2.75, 3.05) is 18.4 Å². The maximum absolute atomic E-state index is 13.5. The van der Waals surface area contributed by atoms with Gasteiger partial charge < -0.3 is 9.88 Å². The molecule has 3 aromatic rings. The Kier molecular flexibility index (Phi) is 5.83. The summed E-state index contributed by atoms with van der Waals surface area (Å²) in [6.45, 7) is 2.55. The van der Waals surface area contributed by atoms with Gasteiger partial charge in [0, 0.05) is 60.5 Å². The number of piperidine rings is 1. The van der Waals surface area contributed by atoms with Crippen LogP contribution in [0, 0.1) is 5.92 Å². The predicted octanol–water partition coefficient (Wildman–Crippen LogP) is 3.94. The van der Waals surface area contributed by atoms with Gasteiger partial charge in [-0.05, 0) is 60.4 Å². The van der Waals surface area contributed by atoms with E-state index in [2.05, 4.69) is 5.32 Å². The molecule has 2 atom stereocenters. The first-order valence-corrected chi connectivity index (χ1v) is 12.9. The molecule has 3 heterocycles. The zero-order chi connectivity index (χ0) is 24.0. The number of benzene rings is 2. The van der Waals surface area contributed by atoms with E-state index in [4.69, 9.17) is 11.6 Å². The molecule has 0 aliphatic carbocycles. The van der Waals surface area contributed by atoms with E-state index in [1.54, 1.807) is 18.2 Å². The van der Waals surface area contributed by atoms with Crippen molar-refractivity contribution in [1.82, 2.24) is 8.87 Å². The molecule has 1 N–H and O–H groups in total. The number of nitrogens with zero attached hydrogens (tertiary/aromatic N) is 2. The number of carbonyl (C=O) groups is 1. The van der Waals surface area contributed by atoms with Crippen LogP contribution in [0.4, 0.5) is 5.69 Å². The molecule has 1 fully saturated rings. The number of nitrogens with one attached hydrogen (secondary N) is 1. The van der Waals surface area contributed by atoms with Crippen LogP contribution in [0.15, 0.2) is 70.4 Å². The van der Waals surface area contributed by atoms with Crippen molar-refractivity contribution in [3.05, 3.63) is 81.7 Å². The van der Waals surface area contributed by atoms with Gasteiger partial charge in [-0.2, -0.15) is 4.31 Å². The van der Waals surface area contributed by atoms with Gasteiger partial charge in [-0.1, -0.05) is 23.7 Å². The summed E-state index contributed by atoms with van der Waals surface area (Å²) in [5.41, 5.74) is 3.24. The van der Waals surface area contributed by atoms with E-state index in [-0.39, 0.29) is 28.2 Å². The zero-order valence-corrected chi connectivity index (χ0v) is 20.1. The molecule has 1 saturated heterocycles. The minimum Gasteiger partial charge on any atom is -0.326 e. The van der Waals surface area contributed by atoms with E-state index >= 15 is 0 Å². The lowest BCUT2D eigenvalue weighted by Crippen LogP contribution is -2.49. The summed E-state index contributed by atoms with van der Waals surface area (Å²) in [6.07, 6.45) is 0.831. The van der Waals surface area contributed by atoms with Crippen molar-refractivity contribution in [2.24, 2.45) is 5.92 Å². The third-order valence-electron chi connectivity index (χ3n) is 6.52. The van der Waals surface area contributed by atoms with Crippen molar-refractivity contribution in [2.45, 2.75) is 30.7 Å². The van der Waals surface area contributed by atoms with Crippen LogP contribution in [0.3, 0.4) is 0 Å². The molecule has 9 heteroatoms. The van der Waals surface area contributed by atoms with E-state index in [0.29, 0.717) is 30.3 Å². The summed E-state index contributed by atoms with van der Waals surface area (Å²) in [5.74, 6) is -0.261. The summed E-state index contributed by atoms with van der Waals surface area (Å²) >= 11 is 6.06. The second-order valence-corrected chi connectivity index (χ2v) is 11.3. The van der Waals surface area contributed by atoms with Gasteiger partial charge in [-0.3, -0.25) is 9.59 Å². The van der Waals surface area contributed by atoms with Gasteiger partial charge in [0.1, 0.15) is 0 Å². The van der Waals surface area contributed by atoms with Crippen molar-refractivity contribution >= 4 is 33.2 Å². The highest BCUT2D eigenvalue weighted by molar-refractivity contribution is 7.89. The number of halogens is 1. The van der Waals surface area contributed by atoms with Crippen molar-refractivity contribution in [3.63, 3.8) is 0 Å². The molecular formula is C25H24ClN3O4S. The largest absolute Gasteiger partial charge is 0.326 e. The molecule has 2 aliphatic heterocycles. The smallest absolute Gasteiger partial charge is 0.250 e. The van der Waals surface area contributed by atoms with Gasteiger partial charge in [-0.25, -0.2) is 8.42 Å². The molecule has 34 heavy (non-hydrogen) atoms. The summed E-state index contributed by atoms with van der Waals surface area (Å²) in [5, 5.41) is 3.28. The molecule has 1 amide bonds. The van der Waals surface area contributed by atoms with Crippen molar-refractivity contribution in [3.8, 4) is 11.1 Å². The molecule has 0 unspecified atom stereocenters. The second kappa shape index (κ2) is 8.69. The molecule has 0 radical (unpaired) electrons. The number of aromatic nitrogens is 1. The lowest BCUT2D eigenvalue weighted by molar-refractivity contribution is -0.114. The van der Waals surface area contributed by atoms with E-state index in [9.17, 15) is 18.0 Å². The van der Waals surface area contributed by atoms with Crippen LogP contribution in [0.5, 0.6) is 0 Å². The van der Waals surface area contributed by atoms with Crippen LogP contribution >= 0.6 is 11.6 Å². The molecule has 176 valence electrons. The summed E-state index contributed by atoms with van der Waals surface area (Å²) < 4.78 is 30.3. The van der Waals surface area contributed by atoms with Gasteiger partial charge >= 0.3 is 0 Å². The topological polar surface area (TPSA) is 88.5 Å². The number of fused-ring (bicyclic) bond motifs is 4. The molecular weight excluding hydrogens is 474 g/mol. The minimum absolute atomic E-state index is 0.0536. The molecule has 2 bridgehead atoms. The molecule has 5 rings (SSSR count). The van der Waals surface area contributed by atoms with Crippen LogP contribution in [0.1, 0.15) is 25.0 Å². The first kappa shape index (κ1) is 22.8. The summed E-state index contributed by atoms with van der Waals surface area (Å²) in [4.78, 5) is 24.2. The number of hydrogen-bond acceptors (Lipinski definition) is 4. The van der Waals surface area contributed by atoms with Crippen molar-refractivity contribution in [1.29, 1.82) is 0 Å². The maximum Gasteiger partial charge on any atom is 0.250 e. The standard InChI is InChI=1S/C25H24ClN3O4S/c1-16(30)27-21-6-8-22(9-7-21)34(32,33)28-13-17-12-19(15-28)25-23(10-11-24(31)29(25)14-17)18-2-4-20(26)5-3-18/h2-11,17,19H,12-15H2,1H3,(H,27,30)/t17-,19+/m0/s1. The van der Waals surface area contributed by atoms with Gasteiger partial charge in [-0.15, -0.1) is 0 Å². The molecule has 0 spiro atoms. The van der Waals surface area contributed by atoms with E-state index in [0.717, 1.165) is 23.2 Å². The number of sulfonamides is 1. The number of pyridine rings is 1. The fraction of sp³-hybridized carbons (Fsp3) is 0.280. The van der Waals surface area contributed by atoms with Crippen LogP contribution < -0.4 is 10.9 Å². The van der Waals surface area contributed by atoms with Crippen LogP contribution in [-0.4, -0.2) is 36.3 Å². The molecule has 0 saturated carbocycles. The quantitative estimate of drug-likeness (QED) is 0.591. The average Bonchev–Trinajstić information content (AvgIpc) is 2.80. The lowest BCUT2D eigenvalue weighted by Gasteiger charge is -2.42. The SMILES string of the molecule is CC(=O)Nc1ccc(S(=O)(=O)N2C[C@@H]3C[C@H](C2)c2c(-c4ccc(Cl)cc4)ccc(=O)n2C3)cc1. The fourth-order valence-electron chi connectivity index (χ4n) is 5.10. The third-order valence-corrected chi connectivity index (χ3v) is 8.62. The van der Waals surface area contributed by atoms with Gasteiger partial charge in [0.2, 0.25) is 15.9 Å². The highest BCUT2D eigenvalue weighted by Gasteiger charge is 2.40. The maximum atomic E-state index is 13.5. The Morgan fingerprint density at radius 3 is 2.35 bits per heavy atom. The molecule has 2 aromatic carbocycles. The number of amides is 1. The molecule has 2 aliphatic rings. The van der Waals surface area contributed by atoms with E-state index < -0.39 is 10.0 Å². The van der Waals surface area contributed by atoms with Gasteiger partial charge in [0.05, 0.1) is 4.90 Å². The first-order chi connectivity index (χ1) is 16.2. The van der Waals surface area contributed by atoms with Crippen LogP contribution in [0.2, 0.25) is 5.02 Å². The van der Waals surface area contributed by atoms with E-state index in [1.807, 2.05) is 34.9 Å². The second-order valence-electron chi connectivity index (χ2n) is 8.91. The van der Waals surface area contributed by atoms with Crippen LogP contribution in [-0.2, 0) is 21.4 Å². The number of carbonyl (C=O) groups excluding carboxylic acids is 1. The van der Waals surface area contributed by atoms with Crippen molar-refractivity contribution < 1.29 is 13.2 Å². The van der Waals surface area contributed by atoms with Crippen LogP contribution in [0.25, 0.3) is 11.1 Å². The zero-order valence-electron chi connectivity index (χ0n) is 18.6. The highest BCUT2D eigenvalue weighted by atomic mass is 35.5. The first-order valence-electron chi connectivity index (χ1n) is 11.1. The lowest BCUT2D eigenvalue weighted by atomic mass is 9.81. The number of hydrogen-bond donors (Lipinski definition) is 1. The number of rotatable bonds is 4. The summed E-state index contributed by atoms with van der Waals surface area (Å²) in [7, 11) is -3.73. The van der Waals surface area contributed by atoms with E-state index in [1.165, 1.54) is 23.4 Å². The predicted molar refractivity (Wildman–Crippen MR) is 132 cm³/mol. The Hall–Kier alpha value is -2.94. The Labute approximate surface area is 203 Å². The average molecular weight is 498 g/mol. The fourth-order valence-corrected chi connectivity index (χ4v) is 6.79. The molecule has 1 aromatic heterocycles. The van der Waals surface area contributed by atoms with Gasteiger partial charge in [0.15, 0.2) is 0 Å². The monoisotopic (exact) mass is 497 g/mol. The summed E-state index contributed by atoms with van der Waals surface area (Å²) in [6, 6.07) is 17.1. The Balaban J connectivity index is 1.49.